The molecule has 0 atom stereocenters. The van der Waals surface area contributed by atoms with Gasteiger partial charge in [0.2, 0.25) is 0 Å². The van der Waals surface area contributed by atoms with E-state index < -0.39 is 5.54 Å². The van der Waals surface area contributed by atoms with Crippen LogP contribution >= 0.6 is 39.7 Å². The van der Waals surface area contributed by atoms with Gasteiger partial charge in [0, 0.05) is 15.1 Å². The average molecular weight is 336 g/mol. The summed E-state index contributed by atoms with van der Waals surface area (Å²) in [6.07, 6.45) is 0. The number of thiocarbonyl (C=S) groups is 1. The second kappa shape index (κ2) is 5.33. The molecule has 17 heavy (non-hydrogen) atoms. The molecular weight excluding hydrogens is 324 g/mol. The summed E-state index contributed by atoms with van der Waals surface area (Å²) in [6.45, 7) is 3.49. The van der Waals surface area contributed by atoms with E-state index in [1.807, 2.05) is 0 Å². The summed E-state index contributed by atoms with van der Waals surface area (Å²) in [5.41, 5.74) is 5.26. The highest BCUT2D eigenvalue weighted by Crippen LogP contribution is 2.20. The van der Waals surface area contributed by atoms with E-state index in [1.165, 1.54) is 0 Å². The van der Waals surface area contributed by atoms with E-state index in [9.17, 15) is 4.79 Å². The van der Waals surface area contributed by atoms with E-state index in [0.29, 0.717) is 10.6 Å². The van der Waals surface area contributed by atoms with Gasteiger partial charge in [-0.3, -0.25) is 4.79 Å². The monoisotopic (exact) mass is 334 g/mol. The Morgan fingerprint density at radius 1 is 1.47 bits per heavy atom. The number of halogens is 2. The van der Waals surface area contributed by atoms with E-state index in [1.54, 1.807) is 32.0 Å². The molecule has 1 rings (SSSR count). The predicted octanol–water partition coefficient (Wildman–Crippen LogP) is 2.90. The highest BCUT2D eigenvalue weighted by atomic mass is 79.9. The number of hydrogen-bond donors (Lipinski definition) is 2. The van der Waals surface area contributed by atoms with Crippen molar-refractivity contribution in [3.8, 4) is 0 Å². The molecule has 0 fully saturated rings. The van der Waals surface area contributed by atoms with Crippen LogP contribution in [0.25, 0.3) is 0 Å². The number of hydrogen-bond acceptors (Lipinski definition) is 2. The number of carbonyl (C=O) groups excluding carboxylic acids is 1. The molecule has 0 unspecified atom stereocenters. The maximum Gasteiger partial charge on any atom is 0.252 e. The molecule has 1 aromatic rings. The Morgan fingerprint density at radius 3 is 2.53 bits per heavy atom. The molecule has 0 saturated heterocycles. The Hall–Kier alpha value is -0.650. The van der Waals surface area contributed by atoms with Crippen molar-refractivity contribution in [2.75, 3.05) is 0 Å². The van der Waals surface area contributed by atoms with Gasteiger partial charge in [0.05, 0.1) is 10.5 Å². The van der Waals surface area contributed by atoms with Crippen LogP contribution in [0.2, 0.25) is 5.02 Å². The molecule has 0 spiro atoms. The molecular formula is C11H12BrClN2OS. The third-order valence-corrected chi connectivity index (χ3v) is 3.35. The van der Waals surface area contributed by atoms with Crippen molar-refractivity contribution in [2.24, 2.45) is 5.73 Å². The van der Waals surface area contributed by atoms with Crippen molar-refractivity contribution in [1.29, 1.82) is 0 Å². The number of benzene rings is 1. The van der Waals surface area contributed by atoms with Gasteiger partial charge >= 0.3 is 0 Å². The molecule has 0 aliphatic heterocycles. The molecule has 1 amide bonds. The van der Waals surface area contributed by atoms with Gasteiger partial charge in [-0.1, -0.05) is 39.7 Å². The molecule has 0 saturated carbocycles. The second-order valence-electron chi connectivity index (χ2n) is 4.10. The van der Waals surface area contributed by atoms with Gasteiger partial charge in [0.15, 0.2) is 0 Å². The Balaban J connectivity index is 2.94. The SMILES string of the molecule is CC(C)(NC(=O)c1cc(Cl)cc(Br)c1)C(N)=S. The van der Waals surface area contributed by atoms with Crippen molar-refractivity contribution in [3.63, 3.8) is 0 Å². The summed E-state index contributed by atoms with van der Waals surface area (Å²) in [7, 11) is 0. The zero-order chi connectivity index (χ0) is 13.2. The maximum absolute atomic E-state index is 12.0. The van der Waals surface area contributed by atoms with Crippen molar-refractivity contribution < 1.29 is 4.79 Å². The number of rotatable bonds is 3. The number of nitrogens with two attached hydrogens (primary N) is 1. The van der Waals surface area contributed by atoms with E-state index >= 15 is 0 Å². The zero-order valence-corrected chi connectivity index (χ0v) is 12.5. The maximum atomic E-state index is 12.0. The van der Waals surface area contributed by atoms with E-state index in [-0.39, 0.29) is 10.9 Å². The largest absolute Gasteiger partial charge is 0.391 e. The third kappa shape index (κ3) is 3.94. The van der Waals surface area contributed by atoms with Crippen LogP contribution in [0.4, 0.5) is 0 Å². The van der Waals surface area contributed by atoms with Gasteiger partial charge in [-0.2, -0.15) is 0 Å². The number of carbonyl (C=O) groups is 1. The first-order valence-electron chi connectivity index (χ1n) is 4.81. The Kier molecular flexibility index (Phi) is 4.52. The summed E-state index contributed by atoms with van der Waals surface area (Å²) in [4.78, 5) is 12.2. The average Bonchev–Trinajstić information content (AvgIpc) is 2.15. The van der Waals surface area contributed by atoms with E-state index in [2.05, 4.69) is 21.2 Å². The molecule has 0 heterocycles. The highest BCUT2D eigenvalue weighted by molar-refractivity contribution is 9.10. The Bertz CT molecular complexity index is 456. The first-order valence-corrected chi connectivity index (χ1v) is 6.39. The van der Waals surface area contributed by atoms with Gasteiger partial charge < -0.3 is 11.1 Å². The smallest absolute Gasteiger partial charge is 0.252 e. The summed E-state index contributed by atoms with van der Waals surface area (Å²) < 4.78 is 0.739. The minimum Gasteiger partial charge on any atom is -0.391 e. The molecule has 6 heteroatoms. The lowest BCUT2D eigenvalue weighted by Gasteiger charge is -2.24. The summed E-state index contributed by atoms with van der Waals surface area (Å²) in [6, 6.07) is 4.96. The van der Waals surface area contributed by atoms with Gasteiger partial charge in [0.1, 0.15) is 0 Å². The molecule has 0 radical (unpaired) electrons. The van der Waals surface area contributed by atoms with Crippen LogP contribution in [0.5, 0.6) is 0 Å². The van der Waals surface area contributed by atoms with Crippen LogP contribution < -0.4 is 11.1 Å². The quantitative estimate of drug-likeness (QED) is 0.835. The van der Waals surface area contributed by atoms with Crippen molar-refractivity contribution in [2.45, 2.75) is 19.4 Å². The zero-order valence-electron chi connectivity index (χ0n) is 9.38. The van der Waals surface area contributed by atoms with Crippen molar-refractivity contribution in [3.05, 3.63) is 33.3 Å². The molecule has 0 aliphatic carbocycles. The topological polar surface area (TPSA) is 55.1 Å². The molecule has 3 nitrogen and oxygen atoms in total. The second-order valence-corrected chi connectivity index (χ2v) is 5.89. The molecule has 3 N–H and O–H groups in total. The van der Waals surface area contributed by atoms with Gasteiger partial charge in [-0.15, -0.1) is 0 Å². The van der Waals surface area contributed by atoms with Crippen LogP contribution in [-0.4, -0.2) is 16.4 Å². The van der Waals surface area contributed by atoms with Crippen molar-refractivity contribution in [1.82, 2.24) is 5.32 Å². The van der Waals surface area contributed by atoms with Crippen LogP contribution in [0.1, 0.15) is 24.2 Å². The van der Waals surface area contributed by atoms with Crippen molar-refractivity contribution >= 4 is 50.6 Å². The van der Waals surface area contributed by atoms with Crippen LogP contribution in [-0.2, 0) is 0 Å². The minimum absolute atomic E-state index is 0.229. The molecule has 0 aliphatic rings. The fraction of sp³-hybridized carbons (Fsp3) is 0.273. The summed E-state index contributed by atoms with van der Waals surface area (Å²) in [5, 5.41) is 3.23. The van der Waals surface area contributed by atoms with Crippen LogP contribution in [0.15, 0.2) is 22.7 Å². The lowest BCUT2D eigenvalue weighted by molar-refractivity contribution is 0.0932. The predicted molar refractivity (Wildman–Crippen MR) is 77.5 cm³/mol. The molecule has 0 bridgehead atoms. The number of amides is 1. The minimum atomic E-state index is -0.735. The molecule has 1 aromatic carbocycles. The standard InChI is InChI=1S/C11H12BrClN2OS/c1-11(2,10(14)17)15-9(16)6-3-7(12)5-8(13)4-6/h3-5H,1-2H3,(H2,14,17)(H,15,16). The van der Waals surface area contributed by atoms with Crippen LogP contribution in [0, 0.1) is 0 Å². The Morgan fingerprint density at radius 2 is 2.06 bits per heavy atom. The van der Waals surface area contributed by atoms with E-state index in [4.69, 9.17) is 29.6 Å². The molecule has 0 aromatic heterocycles. The fourth-order valence-electron chi connectivity index (χ4n) is 1.10. The van der Waals surface area contributed by atoms with Gasteiger partial charge in [0.25, 0.3) is 5.91 Å². The lowest BCUT2D eigenvalue weighted by Crippen LogP contribution is -2.52. The third-order valence-electron chi connectivity index (χ3n) is 2.17. The normalized spacial score (nSPS) is 11.1. The van der Waals surface area contributed by atoms with E-state index in [0.717, 1.165) is 4.47 Å². The lowest BCUT2D eigenvalue weighted by atomic mass is 10.1. The fourth-order valence-corrected chi connectivity index (χ4v) is 2.01. The van der Waals surface area contributed by atoms with Gasteiger partial charge in [-0.05, 0) is 32.0 Å². The highest BCUT2D eigenvalue weighted by Gasteiger charge is 2.24. The summed E-state index contributed by atoms with van der Waals surface area (Å²) in [5.74, 6) is -0.272. The summed E-state index contributed by atoms with van der Waals surface area (Å²) >= 11 is 14.0. The first-order chi connectivity index (χ1) is 7.72. The Labute approximate surface area is 119 Å². The number of nitrogens with one attached hydrogen (secondary N) is 1. The first kappa shape index (κ1) is 14.4. The van der Waals surface area contributed by atoms with Crippen LogP contribution in [0.3, 0.4) is 0 Å². The molecule has 92 valence electrons. The van der Waals surface area contributed by atoms with Gasteiger partial charge in [-0.25, -0.2) is 0 Å².